The number of carbonyl (C=O) groups is 1. The molecule has 0 aromatic rings. The maximum Gasteiger partial charge on any atom is 0.0442 e. The SMILES string of the molecule is CC(CCC(C)CC(C)(C)C)CC(C)C(=O)[O-]. The minimum absolute atomic E-state index is 0.317. The van der Waals surface area contributed by atoms with E-state index in [0.717, 1.165) is 18.8 Å². The first-order chi connectivity index (χ1) is 7.61. The first kappa shape index (κ1) is 16.5. The van der Waals surface area contributed by atoms with Gasteiger partial charge in [0.2, 0.25) is 0 Å². The van der Waals surface area contributed by atoms with Crippen molar-refractivity contribution in [2.45, 2.75) is 67.2 Å². The fourth-order valence-corrected chi connectivity index (χ4v) is 2.53. The van der Waals surface area contributed by atoms with E-state index in [1.165, 1.54) is 12.8 Å². The van der Waals surface area contributed by atoms with Gasteiger partial charge in [0.1, 0.15) is 0 Å². The molecule has 0 saturated carbocycles. The van der Waals surface area contributed by atoms with Crippen molar-refractivity contribution in [1.29, 1.82) is 0 Å². The third-order valence-electron chi connectivity index (χ3n) is 3.27. The topological polar surface area (TPSA) is 40.1 Å². The maximum absolute atomic E-state index is 10.6. The summed E-state index contributed by atoms with van der Waals surface area (Å²) in [4.78, 5) is 10.6. The number of rotatable bonds is 7. The van der Waals surface area contributed by atoms with Crippen molar-refractivity contribution in [3.05, 3.63) is 0 Å². The van der Waals surface area contributed by atoms with Crippen LogP contribution in [0.2, 0.25) is 0 Å². The molecule has 0 aromatic carbocycles. The van der Waals surface area contributed by atoms with E-state index in [1.54, 1.807) is 6.92 Å². The van der Waals surface area contributed by atoms with Crippen molar-refractivity contribution in [2.24, 2.45) is 23.2 Å². The Morgan fingerprint density at radius 1 is 1.06 bits per heavy atom. The Hall–Kier alpha value is -0.530. The average Bonchev–Trinajstić information content (AvgIpc) is 2.11. The number of carboxylic acids is 1. The van der Waals surface area contributed by atoms with Crippen molar-refractivity contribution in [3.63, 3.8) is 0 Å². The molecule has 0 spiro atoms. The van der Waals surface area contributed by atoms with Gasteiger partial charge in [0.25, 0.3) is 0 Å². The van der Waals surface area contributed by atoms with Gasteiger partial charge in [-0.25, -0.2) is 0 Å². The Morgan fingerprint density at radius 3 is 1.94 bits per heavy atom. The Kier molecular flexibility index (Phi) is 6.81. The van der Waals surface area contributed by atoms with Crippen LogP contribution in [0.1, 0.15) is 67.2 Å². The van der Waals surface area contributed by atoms with Crippen LogP contribution in [0.4, 0.5) is 0 Å². The maximum atomic E-state index is 10.6. The zero-order chi connectivity index (χ0) is 13.6. The predicted molar refractivity (Wildman–Crippen MR) is 70.4 cm³/mol. The second-order valence-corrected chi connectivity index (χ2v) is 7.01. The van der Waals surface area contributed by atoms with E-state index in [1.807, 2.05) is 0 Å². The molecule has 3 atom stereocenters. The summed E-state index contributed by atoms with van der Waals surface area (Å²) in [5, 5.41) is 10.6. The van der Waals surface area contributed by atoms with Crippen LogP contribution in [0, 0.1) is 23.2 Å². The van der Waals surface area contributed by atoms with Gasteiger partial charge in [0.05, 0.1) is 0 Å². The minimum atomic E-state index is -0.917. The highest BCUT2D eigenvalue weighted by molar-refractivity contribution is 5.66. The number of carboxylic acid groups (broad SMARTS) is 1. The third-order valence-corrected chi connectivity index (χ3v) is 3.27. The highest BCUT2D eigenvalue weighted by Crippen LogP contribution is 2.28. The van der Waals surface area contributed by atoms with Crippen LogP contribution in [0.25, 0.3) is 0 Å². The van der Waals surface area contributed by atoms with E-state index in [9.17, 15) is 9.90 Å². The molecule has 3 unspecified atom stereocenters. The summed E-state index contributed by atoms with van der Waals surface area (Å²) in [7, 11) is 0. The lowest BCUT2D eigenvalue weighted by Crippen LogP contribution is -2.30. The number of carbonyl (C=O) groups excluding carboxylic acids is 1. The Bertz CT molecular complexity index is 228. The van der Waals surface area contributed by atoms with Crippen molar-refractivity contribution in [1.82, 2.24) is 0 Å². The van der Waals surface area contributed by atoms with Crippen LogP contribution >= 0.6 is 0 Å². The zero-order valence-corrected chi connectivity index (χ0v) is 12.4. The van der Waals surface area contributed by atoms with E-state index >= 15 is 0 Å². The van der Waals surface area contributed by atoms with Gasteiger partial charge in [-0.15, -0.1) is 0 Å². The molecular weight excluding hydrogens is 212 g/mol. The third kappa shape index (κ3) is 9.20. The first-order valence-electron chi connectivity index (χ1n) is 6.82. The van der Waals surface area contributed by atoms with E-state index in [4.69, 9.17) is 0 Å². The van der Waals surface area contributed by atoms with Gasteiger partial charge < -0.3 is 9.90 Å². The second kappa shape index (κ2) is 7.03. The molecule has 0 aliphatic heterocycles. The first-order valence-corrected chi connectivity index (χ1v) is 6.82. The highest BCUT2D eigenvalue weighted by Gasteiger charge is 2.16. The van der Waals surface area contributed by atoms with E-state index in [0.29, 0.717) is 11.3 Å². The van der Waals surface area contributed by atoms with Crippen LogP contribution in [-0.4, -0.2) is 5.97 Å². The molecule has 0 N–H and O–H groups in total. The molecule has 2 heteroatoms. The second-order valence-electron chi connectivity index (χ2n) is 7.01. The smallest absolute Gasteiger partial charge is 0.0442 e. The van der Waals surface area contributed by atoms with Gasteiger partial charge in [0, 0.05) is 5.97 Å². The molecule has 0 amide bonds. The molecule has 0 aliphatic rings. The molecule has 0 aromatic heterocycles. The van der Waals surface area contributed by atoms with Gasteiger partial charge in [0.15, 0.2) is 0 Å². The van der Waals surface area contributed by atoms with Crippen LogP contribution in [0.5, 0.6) is 0 Å². The van der Waals surface area contributed by atoms with E-state index in [-0.39, 0.29) is 5.92 Å². The Balaban J connectivity index is 3.84. The monoisotopic (exact) mass is 241 g/mol. The summed E-state index contributed by atoms with van der Waals surface area (Å²) in [6.45, 7) is 13.0. The summed E-state index contributed by atoms with van der Waals surface area (Å²) in [6.07, 6.45) is 4.29. The fraction of sp³-hybridized carbons (Fsp3) is 0.933. The van der Waals surface area contributed by atoms with Crippen LogP contribution in [-0.2, 0) is 4.79 Å². The zero-order valence-electron chi connectivity index (χ0n) is 12.4. The molecular formula is C15H29O2-. The summed E-state index contributed by atoms with van der Waals surface area (Å²) in [5.74, 6) is -0.0384. The van der Waals surface area contributed by atoms with Gasteiger partial charge in [-0.05, 0) is 36.0 Å². The summed E-state index contributed by atoms with van der Waals surface area (Å²) < 4.78 is 0. The molecule has 0 saturated heterocycles. The molecule has 17 heavy (non-hydrogen) atoms. The van der Waals surface area contributed by atoms with E-state index in [2.05, 4.69) is 34.6 Å². The van der Waals surface area contributed by atoms with Crippen LogP contribution < -0.4 is 5.11 Å². The quantitative estimate of drug-likeness (QED) is 0.686. The fourth-order valence-electron chi connectivity index (χ4n) is 2.53. The average molecular weight is 241 g/mol. The standard InChI is InChI=1S/C15H30O2/c1-11(9-13(3)14(16)17)7-8-12(2)10-15(4,5)6/h11-13H,7-10H2,1-6H3,(H,16,17)/p-1. The van der Waals surface area contributed by atoms with E-state index < -0.39 is 5.97 Å². The number of hydrogen-bond acceptors (Lipinski definition) is 2. The largest absolute Gasteiger partial charge is 0.550 e. The van der Waals surface area contributed by atoms with Crippen molar-refractivity contribution >= 4 is 5.97 Å². The van der Waals surface area contributed by atoms with Gasteiger partial charge >= 0.3 is 0 Å². The van der Waals surface area contributed by atoms with Gasteiger partial charge in [-0.2, -0.15) is 0 Å². The lowest BCUT2D eigenvalue weighted by Gasteiger charge is -2.25. The molecule has 0 radical (unpaired) electrons. The molecule has 102 valence electrons. The lowest BCUT2D eigenvalue weighted by atomic mass is 9.82. The number of aliphatic carboxylic acids is 1. The van der Waals surface area contributed by atoms with Gasteiger partial charge in [-0.1, -0.05) is 54.4 Å². The Morgan fingerprint density at radius 2 is 1.53 bits per heavy atom. The van der Waals surface area contributed by atoms with Crippen molar-refractivity contribution in [2.75, 3.05) is 0 Å². The molecule has 0 heterocycles. The van der Waals surface area contributed by atoms with Crippen LogP contribution in [0.15, 0.2) is 0 Å². The molecule has 0 rings (SSSR count). The molecule has 2 nitrogen and oxygen atoms in total. The molecule has 0 fully saturated rings. The lowest BCUT2D eigenvalue weighted by molar-refractivity contribution is -0.311. The predicted octanol–water partition coefficient (Wildman–Crippen LogP) is 3.25. The van der Waals surface area contributed by atoms with Crippen molar-refractivity contribution in [3.8, 4) is 0 Å². The molecule has 0 bridgehead atoms. The van der Waals surface area contributed by atoms with Gasteiger partial charge in [-0.3, -0.25) is 0 Å². The molecule has 0 aliphatic carbocycles. The van der Waals surface area contributed by atoms with Crippen LogP contribution in [0.3, 0.4) is 0 Å². The van der Waals surface area contributed by atoms with Crippen molar-refractivity contribution < 1.29 is 9.90 Å². The summed E-state index contributed by atoms with van der Waals surface area (Å²) >= 11 is 0. The minimum Gasteiger partial charge on any atom is -0.550 e. The number of hydrogen-bond donors (Lipinski definition) is 0. The summed E-state index contributed by atoms with van der Waals surface area (Å²) in [5.41, 5.74) is 0.390. The highest BCUT2D eigenvalue weighted by atomic mass is 16.4. The normalized spacial score (nSPS) is 17.5. The summed E-state index contributed by atoms with van der Waals surface area (Å²) in [6, 6.07) is 0. The Labute approximate surface area is 107 Å².